The minimum absolute atomic E-state index is 0.126. The summed E-state index contributed by atoms with van der Waals surface area (Å²) in [6.45, 7) is 8.50. The minimum atomic E-state index is 0.126. The number of anilines is 1. The van der Waals surface area contributed by atoms with Crippen molar-refractivity contribution >= 4 is 17.6 Å². The summed E-state index contributed by atoms with van der Waals surface area (Å²) in [5, 5.41) is 3.23. The summed E-state index contributed by atoms with van der Waals surface area (Å²) in [5.41, 5.74) is 0. The summed E-state index contributed by atoms with van der Waals surface area (Å²) in [6, 6.07) is 1.82. The smallest absolute Gasteiger partial charge is 0.218 e. The molecule has 0 aliphatic heterocycles. The standard InChI is InChI=1S/C12H19N3OS/c1-4-6-17-7-5-13-11-8-12(15-9-14-11)16-10(2)3/h4,8-10H,1,5-7H2,2-3H3,(H,13,14,15). The lowest BCUT2D eigenvalue weighted by Gasteiger charge is -2.09. The predicted octanol–water partition coefficient (Wildman–Crippen LogP) is 2.59. The summed E-state index contributed by atoms with van der Waals surface area (Å²) in [7, 11) is 0. The first-order chi connectivity index (χ1) is 8.22. The van der Waals surface area contributed by atoms with Crippen molar-refractivity contribution in [3.05, 3.63) is 25.0 Å². The van der Waals surface area contributed by atoms with Crippen LogP contribution in [0.3, 0.4) is 0 Å². The molecule has 4 nitrogen and oxygen atoms in total. The van der Waals surface area contributed by atoms with Crippen LogP contribution in [-0.4, -0.2) is 34.1 Å². The van der Waals surface area contributed by atoms with Crippen LogP contribution in [0, 0.1) is 0 Å². The molecule has 1 aromatic heterocycles. The van der Waals surface area contributed by atoms with E-state index in [-0.39, 0.29) is 6.10 Å². The number of aromatic nitrogens is 2. The zero-order valence-corrected chi connectivity index (χ0v) is 11.2. The number of thioether (sulfide) groups is 1. The third-order valence-corrected chi connectivity index (χ3v) is 2.75. The number of nitrogens with zero attached hydrogens (tertiary/aromatic N) is 2. The highest BCUT2D eigenvalue weighted by Gasteiger charge is 2.01. The van der Waals surface area contributed by atoms with Crippen LogP contribution in [0.1, 0.15) is 13.8 Å². The highest BCUT2D eigenvalue weighted by molar-refractivity contribution is 7.99. The first-order valence-corrected chi connectivity index (χ1v) is 6.79. The summed E-state index contributed by atoms with van der Waals surface area (Å²) < 4.78 is 5.49. The normalized spacial score (nSPS) is 10.3. The highest BCUT2D eigenvalue weighted by Crippen LogP contribution is 2.12. The molecule has 0 unspecified atom stereocenters. The largest absolute Gasteiger partial charge is 0.475 e. The van der Waals surface area contributed by atoms with Gasteiger partial charge in [0, 0.05) is 24.1 Å². The van der Waals surface area contributed by atoms with Gasteiger partial charge in [-0.2, -0.15) is 11.8 Å². The maximum Gasteiger partial charge on any atom is 0.218 e. The molecule has 0 atom stereocenters. The van der Waals surface area contributed by atoms with E-state index in [9.17, 15) is 0 Å². The van der Waals surface area contributed by atoms with Crippen molar-refractivity contribution in [2.45, 2.75) is 20.0 Å². The van der Waals surface area contributed by atoms with Gasteiger partial charge in [-0.25, -0.2) is 9.97 Å². The van der Waals surface area contributed by atoms with Crippen molar-refractivity contribution in [3.8, 4) is 5.88 Å². The van der Waals surface area contributed by atoms with Gasteiger partial charge in [0.05, 0.1) is 6.10 Å². The van der Waals surface area contributed by atoms with Crippen LogP contribution in [0.5, 0.6) is 5.88 Å². The van der Waals surface area contributed by atoms with Crippen LogP contribution in [0.25, 0.3) is 0 Å². The Labute approximate surface area is 107 Å². The van der Waals surface area contributed by atoms with Gasteiger partial charge < -0.3 is 10.1 Å². The zero-order valence-electron chi connectivity index (χ0n) is 10.3. The van der Waals surface area contributed by atoms with Crippen LogP contribution < -0.4 is 10.1 Å². The van der Waals surface area contributed by atoms with Crippen molar-refractivity contribution in [2.24, 2.45) is 0 Å². The van der Waals surface area contributed by atoms with Crippen molar-refractivity contribution in [1.82, 2.24) is 9.97 Å². The average molecular weight is 253 g/mol. The second-order valence-electron chi connectivity index (χ2n) is 3.70. The van der Waals surface area contributed by atoms with Gasteiger partial charge in [0.15, 0.2) is 0 Å². The van der Waals surface area contributed by atoms with E-state index in [1.165, 1.54) is 6.33 Å². The number of ether oxygens (including phenoxy) is 1. The average Bonchev–Trinajstić information content (AvgIpc) is 2.28. The summed E-state index contributed by atoms with van der Waals surface area (Å²) in [6.07, 6.45) is 3.54. The fraction of sp³-hybridized carbons (Fsp3) is 0.500. The molecule has 0 spiro atoms. The Balaban J connectivity index is 2.35. The Bertz CT molecular complexity index is 344. The molecular formula is C12H19N3OS. The van der Waals surface area contributed by atoms with Crippen molar-refractivity contribution in [2.75, 3.05) is 23.4 Å². The zero-order chi connectivity index (χ0) is 12.5. The maximum absolute atomic E-state index is 5.49. The molecule has 0 radical (unpaired) electrons. The molecule has 1 rings (SSSR count). The molecule has 5 heteroatoms. The molecule has 1 aromatic rings. The number of hydrogen-bond acceptors (Lipinski definition) is 5. The van der Waals surface area contributed by atoms with E-state index in [4.69, 9.17) is 4.74 Å². The van der Waals surface area contributed by atoms with E-state index in [2.05, 4.69) is 21.9 Å². The van der Waals surface area contributed by atoms with E-state index in [0.29, 0.717) is 5.88 Å². The Morgan fingerprint density at radius 2 is 2.35 bits per heavy atom. The van der Waals surface area contributed by atoms with Crippen LogP contribution in [0.15, 0.2) is 25.0 Å². The van der Waals surface area contributed by atoms with Gasteiger partial charge in [0.1, 0.15) is 12.1 Å². The first kappa shape index (κ1) is 13.8. The molecule has 0 aliphatic carbocycles. The molecule has 0 saturated carbocycles. The molecule has 0 bridgehead atoms. The topological polar surface area (TPSA) is 47.0 Å². The van der Waals surface area contributed by atoms with Crippen molar-refractivity contribution < 1.29 is 4.74 Å². The lowest BCUT2D eigenvalue weighted by atomic mass is 10.5. The second-order valence-corrected chi connectivity index (χ2v) is 4.85. The van der Waals surface area contributed by atoms with Crippen LogP contribution in [0.4, 0.5) is 5.82 Å². The molecule has 0 aliphatic rings. The maximum atomic E-state index is 5.49. The van der Waals surface area contributed by atoms with Crippen LogP contribution >= 0.6 is 11.8 Å². The Morgan fingerprint density at radius 3 is 3.06 bits per heavy atom. The molecule has 0 fully saturated rings. The lowest BCUT2D eigenvalue weighted by molar-refractivity contribution is 0.232. The van der Waals surface area contributed by atoms with Gasteiger partial charge in [-0.1, -0.05) is 6.08 Å². The number of rotatable bonds is 8. The van der Waals surface area contributed by atoms with Gasteiger partial charge in [0.2, 0.25) is 5.88 Å². The van der Waals surface area contributed by atoms with Gasteiger partial charge in [-0.3, -0.25) is 0 Å². The summed E-state index contributed by atoms with van der Waals surface area (Å²) >= 11 is 1.83. The van der Waals surface area contributed by atoms with Crippen LogP contribution in [-0.2, 0) is 0 Å². The molecule has 0 saturated heterocycles. The fourth-order valence-electron chi connectivity index (χ4n) is 1.16. The molecule has 0 aromatic carbocycles. The Hall–Kier alpha value is -1.23. The number of hydrogen-bond donors (Lipinski definition) is 1. The SMILES string of the molecule is C=CCSCCNc1cc(OC(C)C)ncn1. The molecule has 94 valence electrons. The molecule has 0 amide bonds. The van der Waals surface area contributed by atoms with E-state index >= 15 is 0 Å². The van der Waals surface area contributed by atoms with Gasteiger partial charge in [0.25, 0.3) is 0 Å². The van der Waals surface area contributed by atoms with Crippen molar-refractivity contribution in [3.63, 3.8) is 0 Å². The van der Waals surface area contributed by atoms with E-state index in [1.807, 2.05) is 37.8 Å². The fourth-order valence-corrected chi connectivity index (χ4v) is 1.74. The van der Waals surface area contributed by atoms with Crippen LogP contribution in [0.2, 0.25) is 0 Å². The first-order valence-electron chi connectivity index (χ1n) is 5.63. The lowest BCUT2D eigenvalue weighted by Crippen LogP contribution is -2.09. The van der Waals surface area contributed by atoms with Gasteiger partial charge in [-0.15, -0.1) is 6.58 Å². The third-order valence-electron chi connectivity index (χ3n) is 1.79. The molecule has 17 heavy (non-hydrogen) atoms. The van der Waals surface area contributed by atoms with Gasteiger partial charge in [-0.05, 0) is 13.8 Å². The quantitative estimate of drug-likeness (QED) is 0.570. The minimum Gasteiger partial charge on any atom is -0.475 e. The van der Waals surface area contributed by atoms with E-state index in [1.54, 1.807) is 0 Å². The monoisotopic (exact) mass is 253 g/mol. The Morgan fingerprint density at radius 1 is 1.53 bits per heavy atom. The van der Waals surface area contributed by atoms with Gasteiger partial charge >= 0.3 is 0 Å². The summed E-state index contributed by atoms with van der Waals surface area (Å²) in [5.74, 6) is 3.41. The number of nitrogens with one attached hydrogen (secondary N) is 1. The molecule has 1 N–H and O–H groups in total. The predicted molar refractivity (Wildman–Crippen MR) is 73.8 cm³/mol. The third kappa shape index (κ3) is 6.16. The Kier molecular flexibility index (Phi) is 6.47. The summed E-state index contributed by atoms with van der Waals surface area (Å²) in [4.78, 5) is 8.18. The van der Waals surface area contributed by atoms with E-state index in [0.717, 1.165) is 23.9 Å². The molecular weight excluding hydrogens is 234 g/mol. The molecule has 1 heterocycles. The van der Waals surface area contributed by atoms with E-state index < -0.39 is 0 Å². The van der Waals surface area contributed by atoms with Crippen molar-refractivity contribution in [1.29, 1.82) is 0 Å². The highest BCUT2D eigenvalue weighted by atomic mass is 32.2. The second kappa shape index (κ2) is 7.95.